The van der Waals surface area contributed by atoms with Crippen molar-refractivity contribution < 1.29 is 18.3 Å². The molecular formula is C15H23NO4S. The lowest BCUT2D eigenvalue weighted by Crippen LogP contribution is -2.46. The Kier molecular flexibility index (Phi) is 5.03. The maximum Gasteiger partial charge on any atom is 0.243 e. The number of ether oxygens (including phenoxy) is 1. The predicted octanol–water partition coefficient (Wildman–Crippen LogP) is 1.79. The second-order valence-corrected chi connectivity index (χ2v) is 7.59. The van der Waals surface area contributed by atoms with Gasteiger partial charge in [0.25, 0.3) is 0 Å². The van der Waals surface area contributed by atoms with Crippen LogP contribution in [0.4, 0.5) is 0 Å². The molecule has 1 aliphatic rings. The van der Waals surface area contributed by atoms with Gasteiger partial charge in [-0.15, -0.1) is 0 Å². The van der Waals surface area contributed by atoms with E-state index in [4.69, 9.17) is 4.74 Å². The van der Waals surface area contributed by atoms with Crippen LogP contribution < -0.4 is 0 Å². The van der Waals surface area contributed by atoms with Gasteiger partial charge in [-0.25, -0.2) is 8.42 Å². The van der Waals surface area contributed by atoms with Crippen molar-refractivity contribution in [3.63, 3.8) is 0 Å². The molecule has 1 aliphatic heterocycles. The average molecular weight is 313 g/mol. The summed E-state index contributed by atoms with van der Waals surface area (Å²) in [5.41, 5.74) is 0.705. The Morgan fingerprint density at radius 3 is 2.48 bits per heavy atom. The highest BCUT2D eigenvalue weighted by Crippen LogP contribution is 2.26. The Balaban J connectivity index is 2.21. The van der Waals surface area contributed by atoms with Crippen LogP contribution in [0.1, 0.15) is 31.9 Å². The Hall–Kier alpha value is -0.950. The number of rotatable bonds is 4. The number of hydrogen-bond donors (Lipinski definition) is 1. The summed E-state index contributed by atoms with van der Waals surface area (Å²) in [7, 11) is -1.88. The molecule has 0 aliphatic carbocycles. The molecule has 1 aromatic carbocycles. The number of sulfonamides is 1. The first-order valence-corrected chi connectivity index (χ1v) is 8.61. The van der Waals surface area contributed by atoms with E-state index >= 15 is 0 Å². The summed E-state index contributed by atoms with van der Waals surface area (Å²) in [6.07, 6.45) is 0.129. The molecule has 21 heavy (non-hydrogen) atoms. The first-order valence-electron chi connectivity index (χ1n) is 7.17. The van der Waals surface area contributed by atoms with E-state index in [1.807, 2.05) is 0 Å². The quantitative estimate of drug-likeness (QED) is 0.920. The summed E-state index contributed by atoms with van der Waals surface area (Å²) >= 11 is 0. The summed E-state index contributed by atoms with van der Waals surface area (Å²) in [4.78, 5) is 0.260. The predicted molar refractivity (Wildman–Crippen MR) is 80.4 cm³/mol. The van der Waals surface area contributed by atoms with E-state index < -0.39 is 16.1 Å². The Morgan fingerprint density at radius 1 is 1.33 bits per heavy atom. The van der Waals surface area contributed by atoms with Crippen LogP contribution in [0, 0.1) is 5.92 Å². The topological polar surface area (TPSA) is 66.8 Å². The molecule has 1 aromatic rings. The van der Waals surface area contributed by atoms with Crippen molar-refractivity contribution in [2.45, 2.75) is 37.4 Å². The van der Waals surface area contributed by atoms with Gasteiger partial charge >= 0.3 is 0 Å². The molecule has 6 heteroatoms. The monoisotopic (exact) mass is 313 g/mol. The Labute approximate surface area is 126 Å². The molecule has 0 amide bonds. The van der Waals surface area contributed by atoms with Gasteiger partial charge in [0.05, 0.1) is 17.1 Å². The molecular weight excluding hydrogens is 290 g/mol. The van der Waals surface area contributed by atoms with Crippen LogP contribution in [0.3, 0.4) is 0 Å². The third kappa shape index (κ3) is 3.45. The van der Waals surface area contributed by atoms with E-state index in [0.29, 0.717) is 24.6 Å². The van der Waals surface area contributed by atoms with Gasteiger partial charge in [-0.1, -0.05) is 19.1 Å². The van der Waals surface area contributed by atoms with Gasteiger partial charge in [-0.2, -0.15) is 4.31 Å². The van der Waals surface area contributed by atoms with Crippen molar-refractivity contribution >= 4 is 10.0 Å². The molecule has 0 radical (unpaired) electrons. The smallest absolute Gasteiger partial charge is 0.243 e. The van der Waals surface area contributed by atoms with E-state index in [1.54, 1.807) is 38.3 Å². The third-order valence-electron chi connectivity index (χ3n) is 4.16. The zero-order valence-electron chi connectivity index (χ0n) is 12.7. The normalized spacial score (nSPS) is 25.7. The molecule has 1 fully saturated rings. The summed E-state index contributed by atoms with van der Waals surface area (Å²) < 4.78 is 32.1. The molecule has 118 valence electrons. The minimum absolute atomic E-state index is 0.0646. The molecule has 3 unspecified atom stereocenters. The van der Waals surface area contributed by atoms with Crippen LogP contribution in [0.2, 0.25) is 0 Å². The number of aliphatic hydroxyl groups excluding tert-OH is 1. The van der Waals surface area contributed by atoms with Crippen LogP contribution in [0.5, 0.6) is 0 Å². The van der Waals surface area contributed by atoms with Crippen molar-refractivity contribution in [3.05, 3.63) is 29.8 Å². The average Bonchev–Trinajstić information content (AvgIpc) is 2.47. The van der Waals surface area contributed by atoms with E-state index in [2.05, 4.69) is 6.92 Å². The van der Waals surface area contributed by atoms with Crippen molar-refractivity contribution in [3.8, 4) is 0 Å². The molecule has 0 spiro atoms. The van der Waals surface area contributed by atoms with Gasteiger partial charge in [0.2, 0.25) is 10.0 Å². The Bertz CT molecular complexity index is 568. The molecule has 5 nitrogen and oxygen atoms in total. The lowest BCUT2D eigenvalue weighted by atomic mass is 9.97. The van der Waals surface area contributed by atoms with Gasteiger partial charge in [0.15, 0.2) is 0 Å². The SMILES string of the molecule is COC1CN(S(=O)(=O)c2ccc(C(C)O)cc2)CCC1C. The lowest BCUT2D eigenvalue weighted by Gasteiger charge is -2.35. The zero-order chi connectivity index (χ0) is 15.6. The summed E-state index contributed by atoms with van der Waals surface area (Å²) in [6, 6.07) is 6.41. The largest absolute Gasteiger partial charge is 0.389 e. The second kappa shape index (κ2) is 6.44. The first kappa shape index (κ1) is 16.4. The highest BCUT2D eigenvalue weighted by atomic mass is 32.2. The maximum absolute atomic E-state index is 12.6. The zero-order valence-corrected chi connectivity index (χ0v) is 13.5. The van der Waals surface area contributed by atoms with Crippen molar-refractivity contribution in [1.82, 2.24) is 4.31 Å². The molecule has 0 bridgehead atoms. The minimum atomic E-state index is -3.50. The first-order chi connectivity index (χ1) is 9.86. The number of nitrogens with zero attached hydrogens (tertiary/aromatic N) is 1. The molecule has 0 aromatic heterocycles. The highest BCUT2D eigenvalue weighted by molar-refractivity contribution is 7.89. The number of methoxy groups -OCH3 is 1. The molecule has 1 N–H and O–H groups in total. The van der Waals surface area contributed by atoms with E-state index in [1.165, 1.54) is 4.31 Å². The standard InChI is InChI=1S/C15H23NO4S/c1-11-8-9-16(10-15(11)20-3)21(18,19)14-6-4-13(5-7-14)12(2)17/h4-7,11-12,15,17H,8-10H2,1-3H3. The fourth-order valence-corrected chi connectivity index (χ4v) is 4.07. The van der Waals surface area contributed by atoms with Crippen LogP contribution >= 0.6 is 0 Å². The molecule has 0 saturated carbocycles. The van der Waals surface area contributed by atoms with E-state index in [-0.39, 0.29) is 11.0 Å². The van der Waals surface area contributed by atoms with Crippen molar-refractivity contribution in [1.29, 1.82) is 0 Å². The number of piperidine rings is 1. The molecule has 1 heterocycles. The van der Waals surface area contributed by atoms with Crippen molar-refractivity contribution in [2.75, 3.05) is 20.2 Å². The van der Waals surface area contributed by atoms with Gasteiger partial charge in [0.1, 0.15) is 0 Å². The number of aliphatic hydroxyl groups is 1. The molecule has 1 saturated heterocycles. The van der Waals surface area contributed by atoms with E-state index in [9.17, 15) is 13.5 Å². The van der Waals surface area contributed by atoms with Crippen LogP contribution in [-0.2, 0) is 14.8 Å². The minimum Gasteiger partial charge on any atom is -0.389 e. The number of hydrogen-bond acceptors (Lipinski definition) is 4. The summed E-state index contributed by atoms with van der Waals surface area (Å²) in [5.74, 6) is 0.360. The number of benzene rings is 1. The molecule has 2 rings (SSSR count). The van der Waals surface area contributed by atoms with Gasteiger partial charge in [-0.3, -0.25) is 0 Å². The maximum atomic E-state index is 12.6. The van der Waals surface area contributed by atoms with Gasteiger partial charge in [-0.05, 0) is 37.0 Å². The highest BCUT2D eigenvalue weighted by Gasteiger charge is 2.33. The molecule has 3 atom stereocenters. The fourth-order valence-electron chi connectivity index (χ4n) is 2.60. The lowest BCUT2D eigenvalue weighted by molar-refractivity contribution is 0.0184. The summed E-state index contributed by atoms with van der Waals surface area (Å²) in [6.45, 7) is 4.63. The summed E-state index contributed by atoms with van der Waals surface area (Å²) in [5, 5.41) is 9.49. The van der Waals surface area contributed by atoms with Crippen LogP contribution in [0.15, 0.2) is 29.2 Å². The Morgan fingerprint density at radius 2 is 1.95 bits per heavy atom. The van der Waals surface area contributed by atoms with E-state index in [0.717, 1.165) is 6.42 Å². The van der Waals surface area contributed by atoms with Gasteiger partial charge < -0.3 is 9.84 Å². The second-order valence-electron chi connectivity index (χ2n) is 5.65. The van der Waals surface area contributed by atoms with Crippen LogP contribution in [0.25, 0.3) is 0 Å². The van der Waals surface area contributed by atoms with Gasteiger partial charge in [0, 0.05) is 20.2 Å². The fraction of sp³-hybridized carbons (Fsp3) is 0.600. The van der Waals surface area contributed by atoms with Crippen LogP contribution in [-0.4, -0.2) is 44.1 Å². The third-order valence-corrected chi connectivity index (χ3v) is 6.03. The van der Waals surface area contributed by atoms with Crippen molar-refractivity contribution in [2.24, 2.45) is 5.92 Å².